The van der Waals surface area contributed by atoms with Crippen LogP contribution in [-0.4, -0.2) is 14.8 Å². The molecule has 1 aromatic heterocycles. The monoisotopic (exact) mass is 242 g/mol. The van der Waals surface area contributed by atoms with E-state index in [9.17, 15) is 5.26 Å². The fourth-order valence-electron chi connectivity index (χ4n) is 5.34. The van der Waals surface area contributed by atoms with Gasteiger partial charge >= 0.3 is 0 Å². The molecule has 0 spiro atoms. The molecular weight excluding hydrogens is 224 g/mol. The molecule has 0 N–H and O–H groups in total. The van der Waals surface area contributed by atoms with Crippen LogP contribution in [0.15, 0.2) is 0 Å². The smallest absolute Gasteiger partial charge is 0.235 e. The minimum absolute atomic E-state index is 0.174. The summed E-state index contributed by atoms with van der Waals surface area (Å²) < 4.78 is 2.18. The van der Waals surface area contributed by atoms with Crippen LogP contribution in [-0.2, 0) is 5.54 Å². The Morgan fingerprint density at radius 1 is 1.11 bits per heavy atom. The number of nitrogens with zero attached hydrogens (tertiary/aromatic N) is 4. The lowest BCUT2D eigenvalue weighted by atomic mass is 9.53. The van der Waals surface area contributed by atoms with Crippen LogP contribution < -0.4 is 0 Å². The number of hydrogen-bond acceptors (Lipinski definition) is 3. The summed E-state index contributed by atoms with van der Waals surface area (Å²) >= 11 is 0. The van der Waals surface area contributed by atoms with Crippen molar-refractivity contribution in [1.82, 2.24) is 14.8 Å². The highest BCUT2D eigenvalue weighted by atomic mass is 15.3. The van der Waals surface area contributed by atoms with Gasteiger partial charge in [-0.3, -0.25) is 4.57 Å². The molecule has 4 aliphatic rings. The lowest BCUT2D eigenvalue weighted by molar-refractivity contribution is -0.0446. The van der Waals surface area contributed by atoms with Crippen LogP contribution in [0, 0.1) is 36.0 Å². The summed E-state index contributed by atoms with van der Waals surface area (Å²) in [6.07, 6.45) is 7.98. The first-order valence-electron chi connectivity index (χ1n) is 7.03. The molecule has 94 valence electrons. The number of hydrogen-bond donors (Lipinski definition) is 0. The minimum atomic E-state index is 0.174. The topological polar surface area (TPSA) is 54.5 Å². The van der Waals surface area contributed by atoms with Gasteiger partial charge in [0, 0.05) is 5.54 Å². The molecule has 4 aliphatic carbocycles. The Morgan fingerprint density at radius 3 is 2.17 bits per heavy atom. The Morgan fingerprint density at radius 2 is 1.67 bits per heavy atom. The molecule has 0 amide bonds. The Hall–Kier alpha value is -1.37. The minimum Gasteiger partial charge on any atom is -0.297 e. The molecule has 4 bridgehead atoms. The van der Waals surface area contributed by atoms with Gasteiger partial charge in [0.25, 0.3) is 0 Å². The van der Waals surface area contributed by atoms with Crippen molar-refractivity contribution in [1.29, 1.82) is 5.26 Å². The van der Waals surface area contributed by atoms with Gasteiger partial charge in [-0.2, -0.15) is 5.26 Å². The van der Waals surface area contributed by atoms with Crippen molar-refractivity contribution in [3.8, 4) is 6.07 Å². The van der Waals surface area contributed by atoms with E-state index in [1.165, 1.54) is 38.5 Å². The van der Waals surface area contributed by atoms with Crippen LogP contribution in [0.3, 0.4) is 0 Å². The summed E-state index contributed by atoms with van der Waals surface area (Å²) in [7, 11) is 0. The van der Waals surface area contributed by atoms with Gasteiger partial charge in [0.15, 0.2) is 0 Å². The second-order valence-electron chi connectivity index (χ2n) is 6.66. The predicted molar refractivity (Wildman–Crippen MR) is 65.6 cm³/mol. The first-order valence-corrected chi connectivity index (χ1v) is 7.03. The third kappa shape index (κ3) is 1.25. The molecule has 4 heteroatoms. The van der Waals surface area contributed by atoms with E-state index in [0.29, 0.717) is 5.82 Å². The normalized spacial score (nSPS) is 41.0. The molecule has 0 atom stereocenters. The molecule has 4 fully saturated rings. The molecule has 5 rings (SSSR count). The molecule has 0 radical (unpaired) electrons. The molecule has 0 aromatic carbocycles. The van der Waals surface area contributed by atoms with E-state index in [2.05, 4.69) is 20.8 Å². The number of nitriles is 1. The van der Waals surface area contributed by atoms with E-state index < -0.39 is 0 Å². The standard InChI is InChI=1S/C14H18N4/c1-9-16-17-13(8-15)18(9)14-5-10-2-11(6-14)4-12(3-10)7-14/h10-12H,2-7H2,1H3. The van der Waals surface area contributed by atoms with Crippen LogP contribution in [0.4, 0.5) is 0 Å². The number of aromatic nitrogens is 3. The second kappa shape index (κ2) is 3.34. The Bertz CT molecular complexity index is 501. The lowest BCUT2D eigenvalue weighted by Crippen LogP contribution is -2.52. The third-order valence-corrected chi connectivity index (χ3v) is 5.41. The fraction of sp³-hybridized carbons (Fsp3) is 0.786. The van der Waals surface area contributed by atoms with Crippen molar-refractivity contribution >= 4 is 0 Å². The zero-order valence-electron chi connectivity index (χ0n) is 10.8. The van der Waals surface area contributed by atoms with E-state index in [1.54, 1.807) is 0 Å². The van der Waals surface area contributed by atoms with E-state index in [1.807, 2.05) is 6.92 Å². The van der Waals surface area contributed by atoms with Gasteiger partial charge in [0.2, 0.25) is 5.82 Å². The van der Waals surface area contributed by atoms with E-state index in [0.717, 1.165) is 23.6 Å². The SMILES string of the molecule is Cc1nnc(C#N)n1C12CC3CC(CC(C3)C1)C2. The summed E-state index contributed by atoms with van der Waals surface area (Å²) in [5, 5.41) is 17.4. The molecule has 4 nitrogen and oxygen atoms in total. The maximum absolute atomic E-state index is 9.26. The van der Waals surface area contributed by atoms with Crippen molar-refractivity contribution in [2.24, 2.45) is 17.8 Å². The van der Waals surface area contributed by atoms with Crippen molar-refractivity contribution in [2.45, 2.75) is 51.0 Å². The first-order chi connectivity index (χ1) is 8.70. The van der Waals surface area contributed by atoms with Gasteiger partial charge in [0.1, 0.15) is 11.9 Å². The summed E-state index contributed by atoms with van der Waals surface area (Å²) in [5.74, 6) is 4.08. The molecule has 18 heavy (non-hydrogen) atoms. The highest BCUT2D eigenvalue weighted by Crippen LogP contribution is 2.59. The van der Waals surface area contributed by atoms with Crippen molar-refractivity contribution in [3.63, 3.8) is 0 Å². The van der Waals surface area contributed by atoms with Gasteiger partial charge in [-0.25, -0.2) is 0 Å². The maximum Gasteiger partial charge on any atom is 0.235 e. The predicted octanol–water partition coefficient (Wildman–Crippen LogP) is 2.38. The quantitative estimate of drug-likeness (QED) is 0.759. The fourth-order valence-corrected chi connectivity index (χ4v) is 5.34. The molecule has 4 saturated carbocycles. The van der Waals surface area contributed by atoms with Gasteiger partial charge in [0.05, 0.1) is 0 Å². The van der Waals surface area contributed by atoms with Crippen molar-refractivity contribution in [3.05, 3.63) is 11.6 Å². The van der Waals surface area contributed by atoms with Crippen LogP contribution in [0.25, 0.3) is 0 Å². The molecule has 1 heterocycles. The van der Waals surface area contributed by atoms with E-state index in [-0.39, 0.29) is 5.54 Å². The molecule has 0 saturated heterocycles. The van der Waals surface area contributed by atoms with Gasteiger partial charge in [-0.1, -0.05) is 0 Å². The molecular formula is C14H18N4. The van der Waals surface area contributed by atoms with Crippen molar-refractivity contribution < 1.29 is 0 Å². The largest absolute Gasteiger partial charge is 0.297 e. The van der Waals surface area contributed by atoms with Gasteiger partial charge in [-0.15, -0.1) is 10.2 Å². The molecule has 0 aliphatic heterocycles. The van der Waals surface area contributed by atoms with Crippen LogP contribution >= 0.6 is 0 Å². The third-order valence-electron chi connectivity index (χ3n) is 5.41. The second-order valence-corrected chi connectivity index (χ2v) is 6.66. The van der Waals surface area contributed by atoms with Crippen LogP contribution in [0.2, 0.25) is 0 Å². The Labute approximate surface area is 107 Å². The summed E-state index contributed by atoms with van der Waals surface area (Å²) in [4.78, 5) is 0. The summed E-state index contributed by atoms with van der Waals surface area (Å²) in [6, 6.07) is 2.23. The summed E-state index contributed by atoms with van der Waals surface area (Å²) in [6.45, 7) is 1.99. The lowest BCUT2D eigenvalue weighted by Gasteiger charge is -2.57. The highest BCUT2D eigenvalue weighted by Gasteiger charge is 2.53. The average molecular weight is 242 g/mol. The van der Waals surface area contributed by atoms with Crippen molar-refractivity contribution in [2.75, 3.05) is 0 Å². The molecule has 0 unspecified atom stereocenters. The van der Waals surface area contributed by atoms with Gasteiger partial charge < -0.3 is 0 Å². The average Bonchev–Trinajstić information content (AvgIpc) is 2.69. The van der Waals surface area contributed by atoms with Crippen LogP contribution in [0.1, 0.15) is 50.2 Å². The zero-order chi connectivity index (χ0) is 12.3. The van der Waals surface area contributed by atoms with Gasteiger partial charge in [-0.05, 0) is 63.2 Å². The maximum atomic E-state index is 9.26. The number of rotatable bonds is 1. The van der Waals surface area contributed by atoms with Crippen LogP contribution in [0.5, 0.6) is 0 Å². The summed E-state index contributed by atoms with van der Waals surface area (Å²) in [5.41, 5.74) is 0.174. The highest BCUT2D eigenvalue weighted by molar-refractivity contribution is 5.18. The zero-order valence-corrected chi connectivity index (χ0v) is 10.8. The molecule has 1 aromatic rings. The first kappa shape index (κ1) is 10.5. The Kier molecular flexibility index (Phi) is 1.96. The van der Waals surface area contributed by atoms with E-state index >= 15 is 0 Å². The number of aryl methyl sites for hydroxylation is 1. The Balaban J connectivity index is 1.84. The van der Waals surface area contributed by atoms with E-state index in [4.69, 9.17) is 0 Å².